The summed E-state index contributed by atoms with van der Waals surface area (Å²) in [7, 11) is 0. The molecule has 2 rings (SSSR count). The Balaban J connectivity index is 1.99. The van der Waals surface area contributed by atoms with Crippen LogP contribution in [-0.2, 0) is 4.79 Å². The molecule has 19 heavy (non-hydrogen) atoms. The smallest absolute Gasteiger partial charge is 0.224 e. The fraction of sp³-hybridized carbons (Fsp3) is 0.467. The summed E-state index contributed by atoms with van der Waals surface area (Å²) in [6, 6.07) is 10.2. The molecule has 1 aromatic rings. The van der Waals surface area contributed by atoms with Gasteiger partial charge in [-0.05, 0) is 31.2 Å². The second kappa shape index (κ2) is 5.29. The van der Waals surface area contributed by atoms with Crippen LogP contribution >= 0.6 is 12.2 Å². The number of carbonyl (C=O) groups is 1. The molecule has 1 aromatic carbocycles. The van der Waals surface area contributed by atoms with Crippen molar-refractivity contribution in [1.29, 1.82) is 0 Å². The molecule has 1 fully saturated rings. The van der Waals surface area contributed by atoms with Crippen molar-refractivity contribution in [1.82, 2.24) is 5.32 Å². The number of benzene rings is 1. The lowest BCUT2D eigenvalue weighted by molar-refractivity contribution is -0.123. The normalized spacial score (nSPS) is 24.3. The number of carbonyl (C=O) groups excluding carboxylic acids is 1. The van der Waals surface area contributed by atoms with Gasteiger partial charge in [-0.1, -0.05) is 49.5 Å². The Bertz CT molecular complexity index is 488. The molecule has 1 aliphatic carbocycles. The Morgan fingerprint density at radius 3 is 2.63 bits per heavy atom. The first-order chi connectivity index (χ1) is 8.98. The second-order valence-corrected chi connectivity index (χ2v) is 5.84. The van der Waals surface area contributed by atoms with Crippen LogP contribution in [-0.4, -0.2) is 16.4 Å². The van der Waals surface area contributed by atoms with E-state index in [0.29, 0.717) is 17.3 Å². The average Bonchev–Trinajstić information content (AvgIpc) is 3.19. The number of hydrogen-bond donors (Lipinski definition) is 2. The Hall–Kier alpha value is -1.42. The molecule has 4 heteroatoms. The van der Waals surface area contributed by atoms with Gasteiger partial charge >= 0.3 is 0 Å². The molecule has 3 nitrogen and oxygen atoms in total. The number of rotatable bonds is 5. The maximum atomic E-state index is 12.2. The van der Waals surface area contributed by atoms with Gasteiger partial charge in [-0.15, -0.1) is 0 Å². The van der Waals surface area contributed by atoms with Gasteiger partial charge in [0.05, 0.1) is 10.5 Å². The van der Waals surface area contributed by atoms with Crippen molar-refractivity contribution < 1.29 is 4.79 Å². The summed E-state index contributed by atoms with van der Waals surface area (Å²) in [6.07, 6.45) is 1.61. The van der Waals surface area contributed by atoms with E-state index in [1.165, 1.54) is 5.56 Å². The SMILES string of the molecule is CCC(C)(NC(=O)C1CC1c1ccccc1)C(N)=S. The quantitative estimate of drug-likeness (QED) is 0.812. The van der Waals surface area contributed by atoms with Crippen molar-refractivity contribution in [2.24, 2.45) is 11.7 Å². The third kappa shape index (κ3) is 2.95. The Morgan fingerprint density at radius 1 is 1.47 bits per heavy atom. The molecule has 0 bridgehead atoms. The van der Waals surface area contributed by atoms with E-state index in [1.807, 2.05) is 32.0 Å². The van der Waals surface area contributed by atoms with Crippen LogP contribution in [0.2, 0.25) is 0 Å². The molecule has 0 aliphatic heterocycles. The van der Waals surface area contributed by atoms with E-state index in [4.69, 9.17) is 18.0 Å². The molecule has 3 unspecified atom stereocenters. The van der Waals surface area contributed by atoms with Gasteiger partial charge in [0.25, 0.3) is 0 Å². The van der Waals surface area contributed by atoms with Crippen molar-refractivity contribution in [3.63, 3.8) is 0 Å². The first-order valence-electron chi connectivity index (χ1n) is 6.65. The molecule has 1 amide bonds. The van der Waals surface area contributed by atoms with Gasteiger partial charge in [-0.3, -0.25) is 4.79 Å². The lowest BCUT2D eigenvalue weighted by Gasteiger charge is -2.28. The summed E-state index contributed by atoms with van der Waals surface area (Å²) in [5.41, 5.74) is 6.37. The van der Waals surface area contributed by atoms with Crippen LogP contribution in [0.3, 0.4) is 0 Å². The van der Waals surface area contributed by atoms with E-state index < -0.39 is 5.54 Å². The highest BCUT2D eigenvalue weighted by Crippen LogP contribution is 2.47. The number of thiocarbonyl (C=S) groups is 1. The van der Waals surface area contributed by atoms with Crippen LogP contribution in [0.5, 0.6) is 0 Å². The zero-order valence-electron chi connectivity index (χ0n) is 11.3. The summed E-state index contributed by atoms with van der Waals surface area (Å²) in [5, 5.41) is 3.00. The highest BCUT2D eigenvalue weighted by atomic mass is 32.1. The Kier molecular flexibility index (Phi) is 3.90. The van der Waals surface area contributed by atoms with E-state index in [0.717, 1.165) is 6.42 Å². The van der Waals surface area contributed by atoms with Gasteiger partial charge in [0, 0.05) is 5.92 Å². The molecule has 0 saturated heterocycles. The van der Waals surface area contributed by atoms with E-state index in [1.54, 1.807) is 0 Å². The molecule has 3 atom stereocenters. The molecule has 0 radical (unpaired) electrons. The third-order valence-electron chi connectivity index (χ3n) is 4.00. The average molecular weight is 276 g/mol. The highest BCUT2D eigenvalue weighted by molar-refractivity contribution is 7.80. The zero-order valence-corrected chi connectivity index (χ0v) is 12.2. The van der Waals surface area contributed by atoms with Crippen molar-refractivity contribution in [2.75, 3.05) is 0 Å². The van der Waals surface area contributed by atoms with E-state index in [9.17, 15) is 4.79 Å². The van der Waals surface area contributed by atoms with Crippen molar-refractivity contribution in [3.05, 3.63) is 35.9 Å². The van der Waals surface area contributed by atoms with Crippen molar-refractivity contribution in [3.8, 4) is 0 Å². The molecular weight excluding hydrogens is 256 g/mol. The van der Waals surface area contributed by atoms with E-state index in [2.05, 4.69) is 17.4 Å². The Labute approximate surface area is 119 Å². The van der Waals surface area contributed by atoms with Gasteiger partial charge in [0.2, 0.25) is 5.91 Å². The summed E-state index contributed by atoms with van der Waals surface area (Å²) in [6.45, 7) is 3.86. The number of nitrogens with two attached hydrogens (primary N) is 1. The monoisotopic (exact) mass is 276 g/mol. The molecule has 1 saturated carbocycles. The molecule has 0 heterocycles. The van der Waals surface area contributed by atoms with Crippen LogP contribution in [0.1, 0.15) is 38.2 Å². The zero-order chi connectivity index (χ0) is 14.0. The number of hydrogen-bond acceptors (Lipinski definition) is 2. The van der Waals surface area contributed by atoms with Crippen LogP contribution in [0.4, 0.5) is 0 Å². The van der Waals surface area contributed by atoms with Gasteiger partial charge in [-0.2, -0.15) is 0 Å². The number of amides is 1. The minimum Gasteiger partial charge on any atom is -0.391 e. The van der Waals surface area contributed by atoms with Gasteiger partial charge in [0.15, 0.2) is 0 Å². The van der Waals surface area contributed by atoms with Crippen molar-refractivity contribution in [2.45, 2.75) is 38.1 Å². The molecular formula is C15H20N2OS. The van der Waals surface area contributed by atoms with Gasteiger partial charge in [-0.25, -0.2) is 0 Å². The fourth-order valence-corrected chi connectivity index (χ4v) is 2.44. The lowest BCUT2D eigenvalue weighted by Crippen LogP contribution is -2.54. The van der Waals surface area contributed by atoms with Crippen LogP contribution in [0.25, 0.3) is 0 Å². The first kappa shape index (κ1) is 14.0. The van der Waals surface area contributed by atoms with E-state index in [-0.39, 0.29) is 11.8 Å². The standard InChI is InChI=1S/C15H20N2OS/c1-3-15(2,14(16)19)17-13(18)12-9-11(12)10-7-5-4-6-8-10/h4-8,11-12H,3,9H2,1-2H3,(H2,16,19)(H,17,18). The van der Waals surface area contributed by atoms with Gasteiger partial charge in [0.1, 0.15) is 0 Å². The Morgan fingerprint density at radius 2 is 2.11 bits per heavy atom. The predicted octanol–water partition coefficient (Wildman–Crippen LogP) is 2.36. The summed E-state index contributed by atoms with van der Waals surface area (Å²) < 4.78 is 0. The maximum Gasteiger partial charge on any atom is 0.224 e. The van der Waals surface area contributed by atoms with Gasteiger partial charge < -0.3 is 11.1 Å². The largest absolute Gasteiger partial charge is 0.391 e. The second-order valence-electron chi connectivity index (χ2n) is 5.40. The summed E-state index contributed by atoms with van der Waals surface area (Å²) in [4.78, 5) is 12.6. The minimum atomic E-state index is -0.573. The third-order valence-corrected chi connectivity index (χ3v) is 4.46. The van der Waals surface area contributed by atoms with Crippen LogP contribution in [0, 0.1) is 5.92 Å². The number of nitrogens with one attached hydrogen (secondary N) is 1. The molecule has 1 aliphatic rings. The topological polar surface area (TPSA) is 55.1 Å². The fourth-order valence-electron chi connectivity index (χ4n) is 2.24. The van der Waals surface area contributed by atoms with E-state index >= 15 is 0 Å². The predicted molar refractivity (Wildman–Crippen MR) is 80.9 cm³/mol. The molecule has 102 valence electrons. The molecule has 0 aromatic heterocycles. The summed E-state index contributed by atoms with van der Waals surface area (Å²) >= 11 is 5.04. The lowest BCUT2D eigenvalue weighted by atomic mass is 9.98. The van der Waals surface area contributed by atoms with Crippen LogP contribution < -0.4 is 11.1 Å². The maximum absolute atomic E-state index is 12.2. The first-order valence-corrected chi connectivity index (χ1v) is 7.05. The van der Waals surface area contributed by atoms with Crippen LogP contribution in [0.15, 0.2) is 30.3 Å². The molecule has 0 spiro atoms. The van der Waals surface area contributed by atoms with Crippen molar-refractivity contribution >= 4 is 23.1 Å². The summed E-state index contributed by atoms with van der Waals surface area (Å²) in [5.74, 6) is 0.460. The molecule has 3 N–H and O–H groups in total. The highest BCUT2D eigenvalue weighted by Gasteiger charge is 2.45. The minimum absolute atomic E-state index is 0.0580.